The number of hydrogen-bond donors (Lipinski definition) is 2. The second-order valence-corrected chi connectivity index (χ2v) is 4.73. The average Bonchev–Trinajstić information content (AvgIpc) is 2.77. The number of nitrogens with two attached hydrogens (primary N) is 1. The lowest BCUT2D eigenvalue weighted by atomic mass is 10.0. The number of carbonyl (C=O) groups is 1. The van der Waals surface area contributed by atoms with Gasteiger partial charge in [0.15, 0.2) is 0 Å². The summed E-state index contributed by atoms with van der Waals surface area (Å²) in [5, 5.41) is 2.98. The van der Waals surface area contributed by atoms with Crippen LogP contribution in [-0.4, -0.2) is 18.5 Å². The van der Waals surface area contributed by atoms with E-state index in [1.165, 1.54) is 5.56 Å². The molecule has 0 aromatic heterocycles. The summed E-state index contributed by atoms with van der Waals surface area (Å²) in [5.74, 6) is 0.164. The maximum absolute atomic E-state index is 11.9. The number of nitrogens with one attached hydrogen (secondary N) is 1. The third-order valence-corrected chi connectivity index (χ3v) is 3.46. The number of amides is 1. The van der Waals surface area contributed by atoms with Crippen LogP contribution in [-0.2, 0) is 11.2 Å². The topological polar surface area (TPSA) is 55.1 Å². The van der Waals surface area contributed by atoms with E-state index < -0.39 is 0 Å². The van der Waals surface area contributed by atoms with Gasteiger partial charge in [-0.05, 0) is 24.8 Å². The van der Waals surface area contributed by atoms with E-state index in [1.54, 1.807) is 0 Å². The molecule has 3 heteroatoms. The van der Waals surface area contributed by atoms with E-state index in [-0.39, 0.29) is 17.9 Å². The molecule has 2 rings (SSSR count). The Morgan fingerprint density at radius 3 is 2.71 bits per heavy atom. The van der Waals surface area contributed by atoms with Gasteiger partial charge in [0, 0.05) is 12.6 Å². The Hall–Kier alpha value is -1.35. The van der Waals surface area contributed by atoms with Crippen LogP contribution in [0.5, 0.6) is 0 Å². The van der Waals surface area contributed by atoms with Crippen LogP contribution >= 0.6 is 0 Å². The van der Waals surface area contributed by atoms with Gasteiger partial charge in [-0.2, -0.15) is 0 Å². The molecule has 0 bridgehead atoms. The van der Waals surface area contributed by atoms with Crippen LogP contribution in [0.2, 0.25) is 0 Å². The van der Waals surface area contributed by atoms with E-state index in [2.05, 4.69) is 17.4 Å². The van der Waals surface area contributed by atoms with Crippen molar-refractivity contribution in [3.05, 3.63) is 35.9 Å². The lowest BCUT2D eigenvalue weighted by Crippen LogP contribution is -2.39. The first-order valence-electron chi connectivity index (χ1n) is 6.34. The van der Waals surface area contributed by atoms with Crippen LogP contribution in [0.15, 0.2) is 30.3 Å². The van der Waals surface area contributed by atoms with Crippen molar-refractivity contribution in [2.45, 2.75) is 31.7 Å². The SMILES string of the molecule is NC1CCCC1C(=O)NCCc1ccccc1. The Kier molecular flexibility index (Phi) is 4.15. The van der Waals surface area contributed by atoms with Crippen LogP contribution in [0.4, 0.5) is 0 Å². The fraction of sp³-hybridized carbons (Fsp3) is 0.500. The third-order valence-electron chi connectivity index (χ3n) is 3.46. The first kappa shape index (κ1) is 12.1. The molecule has 92 valence electrons. The minimum atomic E-state index is 0.0331. The van der Waals surface area contributed by atoms with E-state index in [0.717, 1.165) is 25.7 Å². The van der Waals surface area contributed by atoms with Crippen molar-refractivity contribution in [1.82, 2.24) is 5.32 Å². The highest BCUT2D eigenvalue weighted by Gasteiger charge is 2.29. The molecule has 1 aromatic carbocycles. The third kappa shape index (κ3) is 3.30. The summed E-state index contributed by atoms with van der Waals surface area (Å²) in [6, 6.07) is 10.3. The van der Waals surface area contributed by atoms with Crippen molar-refractivity contribution in [3.63, 3.8) is 0 Å². The second kappa shape index (κ2) is 5.82. The zero-order valence-electron chi connectivity index (χ0n) is 10.1. The minimum Gasteiger partial charge on any atom is -0.355 e. The van der Waals surface area contributed by atoms with Crippen molar-refractivity contribution in [3.8, 4) is 0 Å². The molecule has 17 heavy (non-hydrogen) atoms. The maximum atomic E-state index is 11.9. The van der Waals surface area contributed by atoms with E-state index in [0.29, 0.717) is 6.54 Å². The Morgan fingerprint density at radius 1 is 1.29 bits per heavy atom. The van der Waals surface area contributed by atoms with Gasteiger partial charge in [0.1, 0.15) is 0 Å². The number of benzene rings is 1. The summed E-state index contributed by atoms with van der Waals surface area (Å²) in [7, 11) is 0. The number of carbonyl (C=O) groups excluding carboxylic acids is 1. The molecule has 2 unspecified atom stereocenters. The fourth-order valence-electron chi connectivity index (χ4n) is 2.42. The Balaban J connectivity index is 1.73. The lowest BCUT2D eigenvalue weighted by molar-refractivity contribution is -0.125. The molecule has 0 aliphatic heterocycles. The number of hydrogen-bond acceptors (Lipinski definition) is 2. The van der Waals surface area contributed by atoms with Crippen molar-refractivity contribution in [2.24, 2.45) is 11.7 Å². The van der Waals surface area contributed by atoms with Crippen LogP contribution in [0.1, 0.15) is 24.8 Å². The molecule has 2 atom stereocenters. The molecule has 3 N–H and O–H groups in total. The molecule has 0 heterocycles. The van der Waals surface area contributed by atoms with Gasteiger partial charge in [-0.3, -0.25) is 4.79 Å². The smallest absolute Gasteiger partial charge is 0.224 e. The van der Waals surface area contributed by atoms with Gasteiger partial charge < -0.3 is 11.1 Å². The van der Waals surface area contributed by atoms with E-state index in [9.17, 15) is 4.79 Å². The summed E-state index contributed by atoms with van der Waals surface area (Å²) in [6.07, 6.45) is 3.89. The molecule has 1 aromatic rings. The highest BCUT2D eigenvalue weighted by atomic mass is 16.1. The molecule has 1 saturated carbocycles. The Morgan fingerprint density at radius 2 is 2.06 bits per heavy atom. The lowest BCUT2D eigenvalue weighted by Gasteiger charge is -2.15. The normalized spacial score (nSPS) is 23.6. The van der Waals surface area contributed by atoms with E-state index >= 15 is 0 Å². The molecule has 1 amide bonds. The Bertz CT molecular complexity index is 364. The summed E-state index contributed by atoms with van der Waals surface area (Å²) >= 11 is 0. The highest BCUT2D eigenvalue weighted by molar-refractivity contribution is 5.79. The van der Waals surface area contributed by atoms with E-state index in [1.807, 2.05) is 18.2 Å². The first-order chi connectivity index (χ1) is 8.27. The predicted molar refractivity (Wildman–Crippen MR) is 68.5 cm³/mol. The molecule has 0 spiro atoms. The van der Waals surface area contributed by atoms with E-state index in [4.69, 9.17) is 5.73 Å². The Labute approximate surface area is 102 Å². The van der Waals surface area contributed by atoms with Gasteiger partial charge in [0.25, 0.3) is 0 Å². The van der Waals surface area contributed by atoms with Crippen molar-refractivity contribution >= 4 is 5.91 Å². The van der Waals surface area contributed by atoms with Crippen LogP contribution < -0.4 is 11.1 Å². The molecular weight excluding hydrogens is 212 g/mol. The monoisotopic (exact) mass is 232 g/mol. The van der Waals surface area contributed by atoms with Crippen molar-refractivity contribution < 1.29 is 4.79 Å². The van der Waals surface area contributed by atoms with Crippen LogP contribution in [0.25, 0.3) is 0 Å². The quantitative estimate of drug-likeness (QED) is 0.826. The van der Waals surface area contributed by atoms with Gasteiger partial charge in [0.2, 0.25) is 5.91 Å². The number of rotatable bonds is 4. The van der Waals surface area contributed by atoms with Gasteiger partial charge in [-0.15, -0.1) is 0 Å². The molecule has 1 fully saturated rings. The van der Waals surface area contributed by atoms with Crippen molar-refractivity contribution in [1.29, 1.82) is 0 Å². The summed E-state index contributed by atoms with van der Waals surface area (Å²) in [6.45, 7) is 0.700. The standard InChI is InChI=1S/C14H20N2O/c15-13-8-4-7-12(13)14(17)16-10-9-11-5-2-1-3-6-11/h1-3,5-6,12-13H,4,7-10,15H2,(H,16,17). The molecular formula is C14H20N2O. The molecule has 0 radical (unpaired) electrons. The summed E-state index contributed by atoms with van der Waals surface area (Å²) < 4.78 is 0. The molecule has 3 nitrogen and oxygen atoms in total. The molecule has 1 aliphatic carbocycles. The predicted octanol–water partition coefficient (Wildman–Crippen LogP) is 1.47. The summed E-state index contributed by atoms with van der Waals surface area (Å²) in [4.78, 5) is 11.9. The fourth-order valence-corrected chi connectivity index (χ4v) is 2.42. The first-order valence-corrected chi connectivity index (χ1v) is 6.34. The van der Waals surface area contributed by atoms with Gasteiger partial charge >= 0.3 is 0 Å². The molecule has 1 aliphatic rings. The van der Waals surface area contributed by atoms with Gasteiger partial charge in [-0.1, -0.05) is 36.8 Å². The van der Waals surface area contributed by atoms with Crippen LogP contribution in [0, 0.1) is 5.92 Å². The second-order valence-electron chi connectivity index (χ2n) is 4.73. The maximum Gasteiger partial charge on any atom is 0.224 e. The largest absolute Gasteiger partial charge is 0.355 e. The zero-order valence-corrected chi connectivity index (χ0v) is 10.1. The van der Waals surface area contributed by atoms with Gasteiger partial charge in [-0.25, -0.2) is 0 Å². The van der Waals surface area contributed by atoms with Crippen molar-refractivity contribution in [2.75, 3.05) is 6.54 Å². The average molecular weight is 232 g/mol. The molecule has 0 saturated heterocycles. The minimum absolute atomic E-state index is 0.0331. The zero-order chi connectivity index (χ0) is 12.1. The summed E-state index contributed by atoms with van der Waals surface area (Å²) in [5.41, 5.74) is 7.16. The van der Waals surface area contributed by atoms with Crippen LogP contribution in [0.3, 0.4) is 0 Å². The highest BCUT2D eigenvalue weighted by Crippen LogP contribution is 2.23. The van der Waals surface area contributed by atoms with Gasteiger partial charge in [0.05, 0.1) is 5.92 Å².